The van der Waals surface area contributed by atoms with Gasteiger partial charge >= 0.3 is 5.97 Å². The van der Waals surface area contributed by atoms with Gasteiger partial charge in [-0.1, -0.05) is 43.0 Å². The van der Waals surface area contributed by atoms with Crippen LogP contribution < -0.4 is 0 Å². The predicted molar refractivity (Wildman–Crippen MR) is 82.2 cm³/mol. The Morgan fingerprint density at radius 1 is 1.24 bits per heavy atom. The zero-order valence-corrected chi connectivity index (χ0v) is 12.9. The third-order valence-corrected chi connectivity index (χ3v) is 4.94. The van der Waals surface area contributed by atoms with E-state index in [1.165, 1.54) is 6.42 Å². The lowest BCUT2D eigenvalue weighted by atomic mass is 9.70. The highest BCUT2D eigenvalue weighted by Crippen LogP contribution is 2.47. The average Bonchev–Trinajstić information content (AvgIpc) is 2.47. The second-order valence-electron chi connectivity index (χ2n) is 6.12. The Labute approximate surface area is 129 Å². The highest BCUT2D eigenvalue weighted by Gasteiger charge is 2.44. The largest absolute Gasteiger partial charge is 0.511 e. The SMILES string of the molecule is Cc1ccc(C2=C(O)C3(CCCCC3)COC2=O)c(Cl)c1. The summed E-state index contributed by atoms with van der Waals surface area (Å²) in [5.41, 5.74) is 1.42. The minimum absolute atomic E-state index is 0.171. The zero-order chi connectivity index (χ0) is 15.0. The number of ether oxygens (including phenoxy) is 1. The van der Waals surface area contributed by atoms with E-state index < -0.39 is 11.4 Å². The second-order valence-corrected chi connectivity index (χ2v) is 6.53. The first-order valence-electron chi connectivity index (χ1n) is 7.41. The molecule has 0 saturated heterocycles. The van der Waals surface area contributed by atoms with Crippen molar-refractivity contribution in [1.82, 2.24) is 0 Å². The third-order valence-electron chi connectivity index (χ3n) is 4.63. The number of halogens is 1. The summed E-state index contributed by atoms with van der Waals surface area (Å²) in [5.74, 6) is -0.307. The van der Waals surface area contributed by atoms with Crippen LogP contribution >= 0.6 is 11.6 Å². The molecule has 1 aliphatic carbocycles. The number of aryl methyl sites for hydroxylation is 1. The van der Waals surface area contributed by atoms with Crippen LogP contribution in [0.4, 0.5) is 0 Å². The normalized spacial score (nSPS) is 21.5. The number of esters is 1. The molecular formula is C17H19ClO3. The molecule has 1 saturated carbocycles. The quantitative estimate of drug-likeness (QED) is 0.781. The Hall–Kier alpha value is -1.48. The summed E-state index contributed by atoms with van der Waals surface area (Å²) >= 11 is 6.27. The van der Waals surface area contributed by atoms with E-state index in [4.69, 9.17) is 16.3 Å². The van der Waals surface area contributed by atoms with Crippen molar-refractivity contribution in [2.75, 3.05) is 6.61 Å². The van der Waals surface area contributed by atoms with E-state index in [9.17, 15) is 9.90 Å². The summed E-state index contributed by atoms with van der Waals surface area (Å²) in [7, 11) is 0. The van der Waals surface area contributed by atoms with E-state index >= 15 is 0 Å². The summed E-state index contributed by atoms with van der Waals surface area (Å²) in [5, 5.41) is 11.3. The van der Waals surface area contributed by atoms with Gasteiger partial charge in [0.05, 0.1) is 5.41 Å². The van der Waals surface area contributed by atoms with E-state index in [-0.39, 0.29) is 17.9 Å². The Kier molecular flexibility index (Phi) is 3.70. The van der Waals surface area contributed by atoms with Gasteiger partial charge in [0.2, 0.25) is 0 Å². The molecule has 1 aromatic carbocycles. The molecule has 0 amide bonds. The number of hydrogen-bond acceptors (Lipinski definition) is 3. The van der Waals surface area contributed by atoms with Crippen molar-refractivity contribution in [1.29, 1.82) is 0 Å². The van der Waals surface area contributed by atoms with Crippen molar-refractivity contribution in [3.05, 3.63) is 40.1 Å². The number of benzene rings is 1. The molecule has 2 aliphatic rings. The molecule has 4 heteroatoms. The molecule has 112 valence electrons. The molecule has 0 bridgehead atoms. The van der Waals surface area contributed by atoms with Crippen LogP contribution in [0.2, 0.25) is 5.02 Å². The number of cyclic esters (lactones) is 1. The predicted octanol–water partition coefficient (Wildman–Crippen LogP) is 4.42. The molecule has 1 aliphatic heterocycles. The fraction of sp³-hybridized carbons (Fsp3) is 0.471. The standard InChI is InChI=1S/C17H19ClO3/c1-11-5-6-12(13(18)9-11)14-15(19)17(10-21-16(14)20)7-3-2-4-8-17/h5-6,9,19H,2-4,7-8,10H2,1H3. The van der Waals surface area contributed by atoms with Crippen LogP contribution in [0.15, 0.2) is 24.0 Å². The minimum Gasteiger partial charge on any atom is -0.511 e. The van der Waals surface area contributed by atoms with Gasteiger partial charge in [-0.25, -0.2) is 4.79 Å². The third kappa shape index (κ3) is 2.44. The van der Waals surface area contributed by atoms with Gasteiger partial charge in [-0.3, -0.25) is 0 Å². The number of aliphatic hydroxyl groups excluding tert-OH is 1. The number of rotatable bonds is 1. The number of carbonyl (C=O) groups excluding carboxylic acids is 1. The van der Waals surface area contributed by atoms with Crippen molar-refractivity contribution in [2.45, 2.75) is 39.0 Å². The van der Waals surface area contributed by atoms with Gasteiger partial charge in [0.25, 0.3) is 0 Å². The van der Waals surface area contributed by atoms with Crippen LogP contribution in [-0.4, -0.2) is 17.7 Å². The summed E-state index contributed by atoms with van der Waals surface area (Å²) in [6.45, 7) is 2.22. The van der Waals surface area contributed by atoms with Crippen LogP contribution in [0.5, 0.6) is 0 Å². The monoisotopic (exact) mass is 306 g/mol. The van der Waals surface area contributed by atoms with Crippen molar-refractivity contribution in [3.8, 4) is 0 Å². The summed E-state index contributed by atoms with van der Waals surface area (Å²) in [6, 6.07) is 5.47. The first-order chi connectivity index (χ1) is 10.0. The Balaban J connectivity index is 2.12. The molecule has 0 radical (unpaired) electrons. The first-order valence-corrected chi connectivity index (χ1v) is 7.79. The van der Waals surface area contributed by atoms with Gasteiger partial charge in [0, 0.05) is 10.6 Å². The molecule has 1 aromatic rings. The molecule has 21 heavy (non-hydrogen) atoms. The molecule has 1 fully saturated rings. The fourth-order valence-electron chi connectivity index (χ4n) is 3.38. The summed E-state index contributed by atoms with van der Waals surface area (Å²) in [4.78, 5) is 12.2. The second kappa shape index (κ2) is 5.38. The molecule has 3 nitrogen and oxygen atoms in total. The molecule has 0 unspecified atom stereocenters. The summed E-state index contributed by atoms with van der Waals surface area (Å²) < 4.78 is 5.38. The van der Waals surface area contributed by atoms with E-state index in [2.05, 4.69) is 0 Å². The Bertz CT molecular complexity index is 612. The molecular weight excluding hydrogens is 288 g/mol. The van der Waals surface area contributed by atoms with Crippen molar-refractivity contribution < 1.29 is 14.6 Å². The topological polar surface area (TPSA) is 46.5 Å². The molecule has 1 heterocycles. The van der Waals surface area contributed by atoms with Gasteiger partial charge < -0.3 is 9.84 Å². The molecule has 3 rings (SSSR count). The van der Waals surface area contributed by atoms with Crippen LogP contribution in [0, 0.1) is 12.3 Å². The maximum Gasteiger partial charge on any atom is 0.342 e. The maximum absolute atomic E-state index is 12.2. The lowest BCUT2D eigenvalue weighted by molar-refractivity contribution is -0.143. The van der Waals surface area contributed by atoms with E-state index in [0.29, 0.717) is 10.6 Å². The lowest BCUT2D eigenvalue weighted by Gasteiger charge is -2.39. The number of hydrogen-bond donors (Lipinski definition) is 1. The molecule has 0 atom stereocenters. The van der Waals surface area contributed by atoms with Crippen molar-refractivity contribution in [3.63, 3.8) is 0 Å². The fourth-order valence-corrected chi connectivity index (χ4v) is 3.71. The van der Waals surface area contributed by atoms with E-state index in [0.717, 1.165) is 31.2 Å². The van der Waals surface area contributed by atoms with E-state index in [1.54, 1.807) is 12.1 Å². The van der Waals surface area contributed by atoms with Gasteiger partial charge in [-0.05, 0) is 31.4 Å². The van der Waals surface area contributed by atoms with Gasteiger partial charge in [0.15, 0.2) is 0 Å². The van der Waals surface area contributed by atoms with Crippen LogP contribution in [0.1, 0.15) is 43.2 Å². The smallest absolute Gasteiger partial charge is 0.342 e. The summed E-state index contributed by atoms with van der Waals surface area (Å²) in [6.07, 6.45) is 4.99. The van der Waals surface area contributed by atoms with Crippen LogP contribution in [0.3, 0.4) is 0 Å². The number of carbonyl (C=O) groups is 1. The maximum atomic E-state index is 12.2. The Morgan fingerprint density at radius 2 is 1.95 bits per heavy atom. The highest BCUT2D eigenvalue weighted by atomic mass is 35.5. The molecule has 0 aromatic heterocycles. The van der Waals surface area contributed by atoms with Crippen molar-refractivity contribution in [2.24, 2.45) is 5.41 Å². The zero-order valence-electron chi connectivity index (χ0n) is 12.1. The van der Waals surface area contributed by atoms with Gasteiger partial charge in [0.1, 0.15) is 17.9 Å². The molecule has 1 N–H and O–H groups in total. The Morgan fingerprint density at radius 3 is 2.62 bits per heavy atom. The van der Waals surface area contributed by atoms with Crippen LogP contribution in [0.25, 0.3) is 5.57 Å². The van der Waals surface area contributed by atoms with Crippen LogP contribution in [-0.2, 0) is 9.53 Å². The van der Waals surface area contributed by atoms with E-state index in [1.807, 2.05) is 13.0 Å². The highest BCUT2D eigenvalue weighted by molar-refractivity contribution is 6.34. The average molecular weight is 307 g/mol. The lowest BCUT2D eigenvalue weighted by Crippen LogP contribution is -2.38. The van der Waals surface area contributed by atoms with Gasteiger partial charge in [-0.15, -0.1) is 0 Å². The molecule has 1 spiro atoms. The number of aliphatic hydroxyl groups is 1. The first kappa shape index (κ1) is 14.5. The van der Waals surface area contributed by atoms with Crippen molar-refractivity contribution >= 4 is 23.1 Å². The minimum atomic E-state index is -0.477. The van der Waals surface area contributed by atoms with Gasteiger partial charge in [-0.2, -0.15) is 0 Å².